The summed E-state index contributed by atoms with van der Waals surface area (Å²) in [6, 6.07) is 11.0. The van der Waals surface area contributed by atoms with E-state index >= 15 is 0 Å². The lowest BCUT2D eigenvalue weighted by atomic mass is 10.0. The molecule has 0 fully saturated rings. The molecule has 104 valence electrons. The van der Waals surface area contributed by atoms with E-state index in [1.165, 1.54) is 0 Å². The van der Waals surface area contributed by atoms with Crippen LogP contribution in [0.1, 0.15) is 21.5 Å². The van der Waals surface area contributed by atoms with E-state index < -0.39 is 5.91 Å². The molecule has 2 aromatic rings. The van der Waals surface area contributed by atoms with Gasteiger partial charge in [0.05, 0.1) is 0 Å². The molecular formula is C15H14BrClN2O. The molecule has 0 aliphatic carbocycles. The van der Waals surface area contributed by atoms with Crippen molar-refractivity contribution in [3.63, 3.8) is 0 Å². The average molecular weight is 354 g/mol. The van der Waals surface area contributed by atoms with Gasteiger partial charge in [-0.2, -0.15) is 0 Å². The molecule has 0 atom stereocenters. The van der Waals surface area contributed by atoms with Crippen molar-refractivity contribution < 1.29 is 4.79 Å². The van der Waals surface area contributed by atoms with Crippen molar-refractivity contribution in [3.8, 4) is 0 Å². The predicted molar refractivity (Wildman–Crippen MR) is 86.2 cm³/mol. The van der Waals surface area contributed by atoms with Crippen LogP contribution >= 0.6 is 27.5 Å². The zero-order valence-corrected chi connectivity index (χ0v) is 13.3. The van der Waals surface area contributed by atoms with Gasteiger partial charge < -0.3 is 11.1 Å². The van der Waals surface area contributed by atoms with Crippen LogP contribution in [-0.2, 0) is 6.54 Å². The van der Waals surface area contributed by atoms with Crippen molar-refractivity contribution in [3.05, 3.63) is 62.6 Å². The largest absolute Gasteiger partial charge is 0.380 e. The van der Waals surface area contributed by atoms with Gasteiger partial charge in [0.1, 0.15) is 0 Å². The Morgan fingerprint density at radius 3 is 2.65 bits per heavy atom. The van der Waals surface area contributed by atoms with Gasteiger partial charge in [0.15, 0.2) is 0 Å². The van der Waals surface area contributed by atoms with Crippen LogP contribution in [0.5, 0.6) is 0 Å². The number of aryl methyl sites for hydroxylation is 1. The SMILES string of the molecule is Cc1cc(C(N)=O)ccc1CNc1ccc(Cl)cc1Br. The molecule has 1 amide bonds. The molecule has 0 saturated heterocycles. The number of halogens is 2. The number of carbonyl (C=O) groups is 1. The van der Waals surface area contributed by atoms with E-state index in [4.69, 9.17) is 17.3 Å². The van der Waals surface area contributed by atoms with Gasteiger partial charge in [-0.3, -0.25) is 4.79 Å². The molecule has 5 heteroatoms. The van der Waals surface area contributed by atoms with Crippen molar-refractivity contribution in [2.24, 2.45) is 5.73 Å². The summed E-state index contributed by atoms with van der Waals surface area (Å²) in [6.07, 6.45) is 0. The Morgan fingerprint density at radius 2 is 2.05 bits per heavy atom. The highest BCUT2D eigenvalue weighted by atomic mass is 79.9. The number of primary amides is 1. The lowest BCUT2D eigenvalue weighted by Crippen LogP contribution is -2.11. The topological polar surface area (TPSA) is 55.1 Å². The van der Waals surface area contributed by atoms with Gasteiger partial charge in [0.2, 0.25) is 5.91 Å². The summed E-state index contributed by atoms with van der Waals surface area (Å²) in [6.45, 7) is 2.62. The van der Waals surface area contributed by atoms with Crippen LogP contribution in [0.2, 0.25) is 5.02 Å². The van der Waals surface area contributed by atoms with Gasteiger partial charge in [-0.15, -0.1) is 0 Å². The van der Waals surface area contributed by atoms with Gasteiger partial charge in [0.25, 0.3) is 0 Å². The second-order valence-corrected chi connectivity index (χ2v) is 5.77. The minimum atomic E-state index is -0.409. The quantitative estimate of drug-likeness (QED) is 0.868. The summed E-state index contributed by atoms with van der Waals surface area (Å²) in [5.41, 5.74) is 8.89. The fourth-order valence-corrected chi connectivity index (χ4v) is 2.69. The van der Waals surface area contributed by atoms with Crippen LogP contribution in [0.3, 0.4) is 0 Å². The second-order valence-electron chi connectivity index (χ2n) is 4.48. The number of hydrogen-bond donors (Lipinski definition) is 2. The Morgan fingerprint density at radius 1 is 1.30 bits per heavy atom. The Bertz CT molecular complexity index is 658. The molecule has 0 aromatic heterocycles. The molecule has 20 heavy (non-hydrogen) atoms. The first-order valence-corrected chi connectivity index (χ1v) is 7.22. The Labute approximate surface area is 131 Å². The van der Waals surface area contributed by atoms with E-state index in [1.807, 2.05) is 31.2 Å². The van der Waals surface area contributed by atoms with E-state index in [0.717, 1.165) is 21.3 Å². The lowest BCUT2D eigenvalue weighted by molar-refractivity contribution is 0.1000. The number of anilines is 1. The van der Waals surface area contributed by atoms with Crippen LogP contribution in [0, 0.1) is 6.92 Å². The average Bonchev–Trinajstić information content (AvgIpc) is 2.38. The summed E-state index contributed by atoms with van der Waals surface area (Å²) in [5.74, 6) is -0.409. The molecule has 0 aliphatic rings. The first kappa shape index (κ1) is 14.9. The second kappa shape index (κ2) is 6.29. The molecule has 2 rings (SSSR count). The fraction of sp³-hybridized carbons (Fsp3) is 0.133. The van der Waals surface area contributed by atoms with Crippen molar-refractivity contribution in [2.75, 3.05) is 5.32 Å². The summed E-state index contributed by atoms with van der Waals surface area (Å²) >= 11 is 9.37. The zero-order chi connectivity index (χ0) is 14.7. The van der Waals surface area contributed by atoms with E-state index in [-0.39, 0.29) is 0 Å². The van der Waals surface area contributed by atoms with Crippen molar-refractivity contribution in [2.45, 2.75) is 13.5 Å². The van der Waals surface area contributed by atoms with E-state index in [9.17, 15) is 4.79 Å². The number of hydrogen-bond acceptors (Lipinski definition) is 2. The van der Waals surface area contributed by atoms with Crippen LogP contribution in [-0.4, -0.2) is 5.91 Å². The molecule has 0 unspecified atom stereocenters. The maximum atomic E-state index is 11.1. The van der Waals surface area contributed by atoms with Crippen LogP contribution in [0.25, 0.3) is 0 Å². The third-order valence-corrected chi connectivity index (χ3v) is 3.92. The monoisotopic (exact) mass is 352 g/mol. The minimum absolute atomic E-state index is 0.409. The summed E-state index contributed by atoms with van der Waals surface area (Å²) in [4.78, 5) is 11.1. The Balaban J connectivity index is 2.13. The minimum Gasteiger partial charge on any atom is -0.380 e. The van der Waals surface area contributed by atoms with Crippen molar-refractivity contribution in [1.29, 1.82) is 0 Å². The fourth-order valence-electron chi connectivity index (χ4n) is 1.87. The maximum Gasteiger partial charge on any atom is 0.248 e. The number of benzene rings is 2. The molecule has 0 heterocycles. The number of rotatable bonds is 4. The van der Waals surface area contributed by atoms with E-state index in [0.29, 0.717) is 17.1 Å². The van der Waals surface area contributed by atoms with E-state index in [2.05, 4.69) is 21.2 Å². The summed E-state index contributed by atoms with van der Waals surface area (Å²) in [5, 5.41) is 4.01. The molecule has 3 nitrogen and oxygen atoms in total. The van der Waals surface area contributed by atoms with Gasteiger partial charge in [-0.25, -0.2) is 0 Å². The summed E-state index contributed by atoms with van der Waals surface area (Å²) in [7, 11) is 0. The highest BCUT2D eigenvalue weighted by molar-refractivity contribution is 9.10. The van der Waals surface area contributed by atoms with Crippen molar-refractivity contribution in [1.82, 2.24) is 0 Å². The highest BCUT2D eigenvalue weighted by Gasteiger charge is 2.05. The normalized spacial score (nSPS) is 10.3. The van der Waals surface area contributed by atoms with Crippen molar-refractivity contribution >= 4 is 39.1 Å². The van der Waals surface area contributed by atoms with Gasteiger partial charge in [-0.05, 0) is 64.3 Å². The third-order valence-electron chi connectivity index (χ3n) is 3.03. The third kappa shape index (κ3) is 3.52. The van der Waals surface area contributed by atoms with Gasteiger partial charge >= 0.3 is 0 Å². The van der Waals surface area contributed by atoms with Gasteiger partial charge in [0, 0.05) is 27.3 Å². The number of nitrogens with one attached hydrogen (secondary N) is 1. The molecule has 3 N–H and O–H groups in total. The molecule has 2 aromatic carbocycles. The first-order valence-electron chi connectivity index (χ1n) is 6.05. The first-order chi connectivity index (χ1) is 9.47. The summed E-state index contributed by atoms with van der Waals surface area (Å²) < 4.78 is 0.913. The molecule has 0 spiro atoms. The molecule has 0 radical (unpaired) electrons. The lowest BCUT2D eigenvalue weighted by Gasteiger charge is -2.11. The molecule has 0 bridgehead atoms. The van der Waals surface area contributed by atoms with Gasteiger partial charge in [-0.1, -0.05) is 17.7 Å². The number of carbonyl (C=O) groups excluding carboxylic acids is 1. The molecule has 0 aliphatic heterocycles. The smallest absolute Gasteiger partial charge is 0.248 e. The zero-order valence-electron chi connectivity index (χ0n) is 10.9. The molecular weight excluding hydrogens is 340 g/mol. The maximum absolute atomic E-state index is 11.1. The Hall–Kier alpha value is -1.52. The van der Waals surface area contributed by atoms with Crippen LogP contribution in [0.15, 0.2) is 40.9 Å². The molecule has 0 saturated carbocycles. The predicted octanol–water partition coefficient (Wildman–Crippen LogP) is 4.12. The van der Waals surface area contributed by atoms with Crippen LogP contribution in [0.4, 0.5) is 5.69 Å². The number of amides is 1. The van der Waals surface area contributed by atoms with Crippen LogP contribution < -0.4 is 11.1 Å². The Kier molecular flexibility index (Phi) is 4.68. The van der Waals surface area contributed by atoms with E-state index in [1.54, 1.807) is 12.1 Å². The highest BCUT2D eigenvalue weighted by Crippen LogP contribution is 2.26. The number of nitrogens with two attached hydrogens (primary N) is 1. The standard InChI is InChI=1S/C15H14BrClN2O/c1-9-6-10(15(18)20)2-3-11(9)8-19-14-5-4-12(17)7-13(14)16/h2-7,19H,8H2,1H3,(H2,18,20).